The first-order valence-corrected chi connectivity index (χ1v) is 6.99. The van der Waals surface area contributed by atoms with Crippen LogP contribution in [-0.2, 0) is 24.4 Å². The average molecular weight is 282 g/mol. The highest BCUT2D eigenvalue weighted by Gasteiger charge is 1.99. The van der Waals surface area contributed by atoms with Crippen LogP contribution in [0.3, 0.4) is 0 Å². The lowest BCUT2D eigenvalue weighted by Gasteiger charge is -2.06. The fraction of sp³-hybridized carbons (Fsp3) is 0.286. The van der Waals surface area contributed by atoms with Crippen molar-refractivity contribution in [1.29, 1.82) is 0 Å². The number of thiophene rings is 1. The summed E-state index contributed by atoms with van der Waals surface area (Å²) in [5.41, 5.74) is 2.48. The number of hydrogen-bond acceptors (Lipinski definition) is 3. The van der Waals surface area contributed by atoms with Gasteiger partial charge in [-0.3, -0.25) is 0 Å². The van der Waals surface area contributed by atoms with E-state index < -0.39 is 0 Å². The van der Waals surface area contributed by atoms with E-state index in [1.54, 1.807) is 18.4 Å². The Hall–Kier alpha value is -0.870. The standard InChI is InChI=1S/C14H16ClNOS/c1-17-10-12-4-2-3-11(7-12)8-16-9-13-5-6-14(15)18-13/h2-7,16H,8-10H2,1H3. The summed E-state index contributed by atoms with van der Waals surface area (Å²) in [4.78, 5) is 1.26. The molecule has 0 atom stereocenters. The second kappa shape index (κ2) is 6.90. The fourth-order valence-corrected chi connectivity index (χ4v) is 2.83. The highest BCUT2D eigenvalue weighted by molar-refractivity contribution is 7.16. The van der Waals surface area contributed by atoms with Gasteiger partial charge in [-0.25, -0.2) is 0 Å². The van der Waals surface area contributed by atoms with Crippen LogP contribution in [0.1, 0.15) is 16.0 Å². The zero-order valence-electron chi connectivity index (χ0n) is 10.3. The highest BCUT2D eigenvalue weighted by atomic mass is 35.5. The predicted octanol–water partition coefficient (Wildman–Crippen LogP) is 3.84. The molecule has 0 aliphatic rings. The molecule has 1 aromatic heterocycles. The van der Waals surface area contributed by atoms with Crippen LogP contribution >= 0.6 is 22.9 Å². The molecule has 2 aromatic rings. The molecular weight excluding hydrogens is 266 g/mol. The molecule has 4 heteroatoms. The summed E-state index contributed by atoms with van der Waals surface area (Å²) in [5, 5.41) is 3.41. The van der Waals surface area contributed by atoms with E-state index in [1.165, 1.54) is 16.0 Å². The number of rotatable bonds is 6. The van der Waals surface area contributed by atoms with Gasteiger partial charge in [-0.05, 0) is 23.3 Å². The Bertz CT molecular complexity index is 498. The summed E-state index contributed by atoms with van der Waals surface area (Å²) in [6.07, 6.45) is 0. The van der Waals surface area contributed by atoms with Gasteiger partial charge in [-0.2, -0.15) is 0 Å². The number of hydrogen-bond donors (Lipinski definition) is 1. The van der Waals surface area contributed by atoms with Crippen LogP contribution in [0.5, 0.6) is 0 Å². The van der Waals surface area contributed by atoms with Crippen molar-refractivity contribution in [2.24, 2.45) is 0 Å². The average Bonchev–Trinajstić information content (AvgIpc) is 2.76. The topological polar surface area (TPSA) is 21.3 Å². The van der Waals surface area contributed by atoms with Gasteiger partial charge < -0.3 is 10.1 Å². The Labute approximate surface area is 117 Å². The van der Waals surface area contributed by atoms with Crippen molar-refractivity contribution in [1.82, 2.24) is 5.32 Å². The van der Waals surface area contributed by atoms with Crippen LogP contribution in [0.2, 0.25) is 4.34 Å². The molecule has 0 bridgehead atoms. The van der Waals surface area contributed by atoms with Crippen molar-refractivity contribution in [2.75, 3.05) is 7.11 Å². The molecule has 1 heterocycles. The number of benzene rings is 1. The maximum atomic E-state index is 5.89. The molecule has 0 aliphatic carbocycles. The monoisotopic (exact) mass is 281 g/mol. The quantitative estimate of drug-likeness (QED) is 0.869. The molecule has 0 amide bonds. The minimum Gasteiger partial charge on any atom is -0.380 e. The highest BCUT2D eigenvalue weighted by Crippen LogP contribution is 2.21. The largest absolute Gasteiger partial charge is 0.380 e. The van der Waals surface area contributed by atoms with Crippen molar-refractivity contribution in [2.45, 2.75) is 19.7 Å². The van der Waals surface area contributed by atoms with Crippen molar-refractivity contribution in [3.8, 4) is 0 Å². The van der Waals surface area contributed by atoms with E-state index >= 15 is 0 Å². The van der Waals surface area contributed by atoms with Crippen molar-refractivity contribution in [3.05, 3.63) is 56.7 Å². The first kappa shape index (κ1) is 13.6. The van der Waals surface area contributed by atoms with Crippen LogP contribution in [-0.4, -0.2) is 7.11 Å². The maximum Gasteiger partial charge on any atom is 0.0931 e. The minimum absolute atomic E-state index is 0.661. The van der Waals surface area contributed by atoms with Gasteiger partial charge in [0.15, 0.2) is 0 Å². The summed E-state index contributed by atoms with van der Waals surface area (Å²) in [6.45, 7) is 2.37. The molecule has 0 aliphatic heterocycles. The summed E-state index contributed by atoms with van der Waals surface area (Å²) in [6, 6.07) is 12.4. The van der Waals surface area contributed by atoms with E-state index in [4.69, 9.17) is 16.3 Å². The molecule has 2 nitrogen and oxygen atoms in total. The molecule has 1 aromatic carbocycles. The van der Waals surface area contributed by atoms with Crippen LogP contribution in [0.4, 0.5) is 0 Å². The second-order valence-electron chi connectivity index (χ2n) is 4.06. The molecule has 1 N–H and O–H groups in total. The summed E-state index contributed by atoms with van der Waals surface area (Å²) in [7, 11) is 1.71. The molecule has 0 unspecified atom stereocenters. The maximum absolute atomic E-state index is 5.89. The Kier molecular flexibility index (Phi) is 5.20. The molecule has 0 saturated heterocycles. The summed E-state index contributed by atoms with van der Waals surface area (Å²) in [5.74, 6) is 0. The zero-order valence-corrected chi connectivity index (χ0v) is 11.9. The van der Waals surface area contributed by atoms with Crippen LogP contribution < -0.4 is 5.32 Å². The molecule has 0 radical (unpaired) electrons. The predicted molar refractivity (Wildman–Crippen MR) is 77.0 cm³/mol. The van der Waals surface area contributed by atoms with Crippen molar-refractivity contribution >= 4 is 22.9 Å². The molecule has 0 spiro atoms. The van der Waals surface area contributed by atoms with Crippen LogP contribution in [0.25, 0.3) is 0 Å². The molecule has 0 saturated carbocycles. The lowest BCUT2D eigenvalue weighted by molar-refractivity contribution is 0.185. The number of methoxy groups -OCH3 is 1. The normalized spacial score (nSPS) is 10.8. The van der Waals surface area contributed by atoms with E-state index in [0.29, 0.717) is 6.61 Å². The van der Waals surface area contributed by atoms with Crippen LogP contribution in [0.15, 0.2) is 36.4 Å². The van der Waals surface area contributed by atoms with Gasteiger partial charge in [0.25, 0.3) is 0 Å². The van der Waals surface area contributed by atoms with Gasteiger partial charge in [0.1, 0.15) is 0 Å². The molecule has 0 fully saturated rings. The molecule has 96 valence electrons. The van der Waals surface area contributed by atoms with Gasteiger partial charge in [0, 0.05) is 25.1 Å². The third-order valence-corrected chi connectivity index (χ3v) is 3.79. The Morgan fingerprint density at radius 3 is 2.72 bits per heavy atom. The Morgan fingerprint density at radius 1 is 1.17 bits per heavy atom. The molecular formula is C14H16ClNOS. The second-order valence-corrected chi connectivity index (χ2v) is 5.86. The van der Waals surface area contributed by atoms with Gasteiger partial charge in [-0.15, -0.1) is 11.3 Å². The molecule has 18 heavy (non-hydrogen) atoms. The third kappa shape index (κ3) is 4.10. The van der Waals surface area contributed by atoms with Gasteiger partial charge in [-0.1, -0.05) is 35.9 Å². The first-order valence-electron chi connectivity index (χ1n) is 5.79. The Morgan fingerprint density at radius 2 is 2.00 bits per heavy atom. The van der Waals surface area contributed by atoms with E-state index in [-0.39, 0.29) is 0 Å². The summed E-state index contributed by atoms with van der Waals surface area (Å²) < 4.78 is 5.97. The lowest BCUT2D eigenvalue weighted by atomic mass is 10.1. The number of nitrogens with one attached hydrogen (secondary N) is 1. The smallest absolute Gasteiger partial charge is 0.0931 e. The number of halogens is 1. The van der Waals surface area contributed by atoms with Gasteiger partial charge in [0.05, 0.1) is 10.9 Å². The van der Waals surface area contributed by atoms with Gasteiger partial charge >= 0.3 is 0 Å². The molecule has 2 rings (SSSR count). The zero-order chi connectivity index (χ0) is 12.8. The van der Waals surface area contributed by atoms with Crippen molar-refractivity contribution < 1.29 is 4.74 Å². The van der Waals surface area contributed by atoms with Crippen molar-refractivity contribution in [3.63, 3.8) is 0 Å². The minimum atomic E-state index is 0.661. The van der Waals surface area contributed by atoms with Gasteiger partial charge in [0.2, 0.25) is 0 Å². The SMILES string of the molecule is COCc1cccc(CNCc2ccc(Cl)s2)c1. The third-order valence-electron chi connectivity index (χ3n) is 2.56. The first-order chi connectivity index (χ1) is 8.78. The van der Waals surface area contributed by atoms with E-state index in [2.05, 4.69) is 35.6 Å². The Balaban J connectivity index is 1.84. The number of ether oxygens (including phenoxy) is 1. The van der Waals surface area contributed by atoms with E-state index in [1.807, 2.05) is 6.07 Å². The van der Waals surface area contributed by atoms with E-state index in [9.17, 15) is 0 Å². The fourth-order valence-electron chi connectivity index (χ4n) is 1.77. The van der Waals surface area contributed by atoms with E-state index in [0.717, 1.165) is 17.4 Å². The summed E-state index contributed by atoms with van der Waals surface area (Å²) >= 11 is 7.51. The lowest BCUT2D eigenvalue weighted by Crippen LogP contribution is -2.11. The van der Waals surface area contributed by atoms with Crippen LogP contribution in [0, 0.1) is 0 Å².